The van der Waals surface area contributed by atoms with Crippen molar-refractivity contribution in [3.8, 4) is 11.8 Å². The molecular weight excluding hydrogens is 578 g/mol. The number of rotatable bonds is 5. The van der Waals surface area contributed by atoms with Crippen LogP contribution in [0.4, 0.5) is 4.79 Å². The van der Waals surface area contributed by atoms with Crippen LogP contribution < -0.4 is 11.0 Å². The number of piperazine rings is 1. The lowest BCUT2D eigenvalue weighted by molar-refractivity contribution is -0.153. The zero-order valence-electron chi connectivity index (χ0n) is 25.9. The maximum atomic E-state index is 13.2. The number of imidazole rings is 1. The molecule has 1 N–H and O–H groups in total. The molecule has 2 fully saturated rings. The van der Waals surface area contributed by atoms with Crippen molar-refractivity contribution in [3.05, 3.63) is 70.1 Å². The van der Waals surface area contributed by atoms with Crippen LogP contribution in [0.5, 0.6) is 0 Å². The lowest BCUT2D eigenvalue weighted by atomic mass is 10.1. The predicted octanol–water partition coefficient (Wildman–Crippen LogP) is 2.33. The molecule has 0 bridgehead atoms. The maximum Gasteiger partial charge on any atom is 0.411 e. The summed E-state index contributed by atoms with van der Waals surface area (Å²) in [5.74, 6) is 4.92. The molecule has 0 spiro atoms. The predicted molar refractivity (Wildman–Crippen MR) is 165 cm³/mol. The number of fused-ring (bicyclic) bond motifs is 1. The molecule has 5 rings (SSSR count). The monoisotopic (exact) mass is 615 g/mol. The van der Waals surface area contributed by atoms with Crippen molar-refractivity contribution in [2.75, 3.05) is 26.2 Å². The number of aromatic nitrogens is 2. The van der Waals surface area contributed by atoms with E-state index >= 15 is 0 Å². The molecule has 3 aromatic rings. The first kappa shape index (κ1) is 31.5. The Morgan fingerprint density at radius 2 is 1.78 bits per heavy atom. The third-order valence-electron chi connectivity index (χ3n) is 7.73. The molecule has 2 atom stereocenters. The molecular formula is C33H37N5O7. The average Bonchev–Trinajstić information content (AvgIpc) is 3.24. The highest BCUT2D eigenvalue weighted by molar-refractivity contribution is 6.00. The molecule has 12 heteroatoms. The van der Waals surface area contributed by atoms with E-state index in [-0.39, 0.29) is 44.1 Å². The number of hydrogen-bond acceptors (Lipinski definition) is 8. The van der Waals surface area contributed by atoms with Gasteiger partial charge in [-0.3, -0.25) is 33.8 Å². The first-order valence-electron chi connectivity index (χ1n) is 14.9. The normalized spacial score (nSPS) is 19.1. The van der Waals surface area contributed by atoms with Gasteiger partial charge in [-0.15, -0.1) is 0 Å². The number of carbonyl (C=O) groups is 4. The SMILES string of the molecule is Cn1c(=O)n(C2CCC(=O)NC2=O)c2ccc(C#CCN3CCN(C(=O)OC(C)(C)C)C(C(=O)OCc4ccccc4)C3)cc21. The number of hydrogen-bond donors (Lipinski definition) is 1. The van der Waals surface area contributed by atoms with Gasteiger partial charge in [0.1, 0.15) is 24.3 Å². The second-order valence-corrected chi connectivity index (χ2v) is 12.2. The van der Waals surface area contributed by atoms with Gasteiger partial charge < -0.3 is 9.47 Å². The summed E-state index contributed by atoms with van der Waals surface area (Å²) in [6.45, 7) is 6.73. The number of nitrogens with zero attached hydrogens (tertiary/aromatic N) is 4. The minimum atomic E-state index is -0.864. The van der Waals surface area contributed by atoms with Gasteiger partial charge in [-0.1, -0.05) is 42.2 Å². The zero-order chi connectivity index (χ0) is 32.3. The third kappa shape index (κ3) is 7.26. The van der Waals surface area contributed by atoms with Crippen LogP contribution in [-0.2, 0) is 37.5 Å². The summed E-state index contributed by atoms with van der Waals surface area (Å²) < 4.78 is 14.1. The number of ether oxygens (including phenoxy) is 2. The van der Waals surface area contributed by atoms with Gasteiger partial charge in [-0.2, -0.15) is 0 Å². The summed E-state index contributed by atoms with van der Waals surface area (Å²) in [7, 11) is 1.63. The van der Waals surface area contributed by atoms with Crippen molar-refractivity contribution in [2.45, 2.75) is 57.9 Å². The summed E-state index contributed by atoms with van der Waals surface area (Å²) in [5.41, 5.74) is 1.64. The molecule has 3 heterocycles. The van der Waals surface area contributed by atoms with Crippen LogP contribution in [0.2, 0.25) is 0 Å². The van der Waals surface area contributed by atoms with Gasteiger partial charge in [0.05, 0.1) is 17.6 Å². The van der Waals surface area contributed by atoms with Crippen LogP contribution in [0.3, 0.4) is 0 Å². The van der Waals surface area contributed by atoms with E-state index in [1.165, 1.54) is 14.0 Å². The zero-order valence-corrected chi connectivity index (χ0v) is 25.9. The van der Waals surface area contributed by atoms with Gasteiger partial charge in [0, 0.05) is 38.7 Å². The fourth-order valence-electron chi connectivity index (χ4n) is 5.47. The quantitative estimate of drug-likeness (QED) is 0.263. The molecule has 45 heavy (non-hydrogen) atoms. The van der Waals surface area contributed by atoms with Crippen molar-refractivity contribution in [1.82, 2.24) is 24.3 Å². The molecule has 2 aliphatic heterocycles. The van der Waals surface area contributed by atoms with Gasteiger partial charge in [0.2, 0.25) is 11.8 Å². The Hall–Kier alpha value is -4.89. The Labute approximate surface area is 260 Å². The molecule has 12 nitrogen and oxygen atoms in total. The number of nitrogens with one attached hydrogen (secondary N) is 1. The van der Waals surface area contributed by atoms with Crippen LogP contribution in [0.25, 0.3) is 11.0 Å². The van der Waals surface area contributed by atoms with Gasteiger partial charge in [-0.25, -0.2) is 14.4 Å². The minimum Gasteiger partial charge on any atom is -0.459 e. The lowest BCUT2D eigenvalue weighted by Gasteiger charge is -2.39. The lowest BCUT2D eigenvalue weighted by Crippen LogP contribution is -2.59. The first-order valence-corrected chi connectivity index (χ1v) is 14.9. The van der Waals surface area contributed by atoms with E-state index in [0.717, 1.165) is 5.56 Å². The Balaban J connectivity index is 1.30. The third-order valence-corrected chi connectivity index (χ3v) is 7.73. The van der Waals surface area contributed by atoms with Gasteiger partial charge in [-0.05, 0) is 51.0 Å². The van der Waals surface area contributed by atoms with E-state index in [2.05, 4.69) is 17.2 Å². The van der Waals surface area contributed by atoms with E-state index in [0.29, 0.717) is 29.7 Å². The van der Waals surface area contributed by atoms with Crippen molar-refractivity contribution in [3.63, 3.8) is 0 Å². The summed E-state index contributed by atoms with van der Waals surface area (Å²) in [6.07, 6.45) is -0.147. The smallest absolute Gasteiger partial charge is 0.411 e. The van der Waals surface area contributed by atoms with Crippen LogP contribution >= 0.6 is 0 Å². The molecule has 1 aromatic heterocycles. The highest BCUT2D eigenvalue weighted by Gasteiger charge is 2.38. The molecule has 0 radical (unpaired) electrons. The van der Waals surface area contributed by atoms with Crippen LogP contribution in [0.15, 0.2) is 53.3 Å². The molecule has 3 amide bonds. The summed E-state index contributed by atoms with van der Waals surface area (Å²) in [6, 6.07) is 13.0. The number of piperidine rings is 1. The summed E-state index contributed by atoms with van der Waals surface area (Å²) in [4.78, 5) is 66.7. The second-order valence-electron chi connectivity index (χ2n) is 12.2. The number of imide groups is 1. The topological polar surface area (TPSA) is 132 Å². The molecule has 2 aliphatic rings. The van der Waals surface area contributed by atoms with E-state index in [1.54, 1.807) is 46.0 Å². The molecule has 2 saturated heterocycles. The fourth-order valence-corrected chi connectivity index (χ4v) is 5.47. The van der Waals surface area contributed by atoms with Gasteiger partial charge in [0.25, 0.3) is 0 Å². The van der Waals surface area contributed by atoms with E-state index in [9.17, 15) is 24.0 Å². The van der Waals surface area contributed by atoms with E-state index in [4.69, 9.17) is 9.47 Å². The van der Waals surface area contributed by atoms with Crippen LogP contribution in [0, 0.1) is 11.8 Å². The Morgan fingerprint density at radius 3 is 2.49 bits per heavy atom. The van der Waals surface area contributed by atoms with Gasteiger partial charge in [0.15, 0.2) is 0 Å². The summed E-state index contributed by atoms with van der Waals surface area (Å²) in [5, 5.41) is 2.31. The number of carbonyl (C=O) groups excluding carboxylic acids is 4. The number of benzene rings is 2. The highest BCUT2D eigenvalue weighted by atomic mass is 16.6. The molecule has 0 aliphatic carbocycles. The van der Waals surface area contributed by atoms with Crippen molar-refractivity contribution in [1.29, 1.82) is 0 Å². The molecule has 236 valence electrons. The fraction of sp³-hybridized carbons (Fsp3) is 0.424. The van der Waals surface area contributed by atoms with Crippen LogP contribution in [0.1, 0.15) is 50.8 Å². The molecule has 2 aromatic carbocycles. The van der Waals surface area contributed by atoms with E-state index < -0.39 is 35.7 Å². The maximum absolute atomic E-state index is 13.2. The van der Waals surface area contributed by atoms with Crippen molar-refractivity contribution < 1.29 is 28.7 Å². The average molecular weight is 616 g/mol. The Morgan fingerprint density at radius 1 is 1.02 bits per heavy atom. The number of esters is 1. The number of aryl methyl sites for hydroxylation is 1. The first-order chi connectivity index (χ1) is 21.4. The van der Waals surface area contributed by atoms with E-state index in [1.807, 2.05) is 35.2 Å². The molecule has 0 saturated carbocycles. The largest absolute Gasteiger partial charge is 0.459 e. The Kier molecular flexibility index (Phi) is 9.11. The standard InChI is InChI=1S/C33H37N5O7/c1-33(2,3)45-32(43)37-18-17-36(20-27(37)30(41)44-21-23-9-6-5-7-10-23)16-8-11-22-12-13-24-26(19-22)35(4)31(42)38(24)25-14-15-28(39)34-29(25)40/h5-7,9-10,12-13,19,25,27H,14-18,20-21H2,1-4H3,(H,34,39,40). The highest BCUT2D eigenvalue weighted by Crippen LogP contribution is 2.24. The van der Waals surface area contributed by atoms with Crippen molar-refractivity contribution >= 4 is 34.9 Å². The van der Waals surface area contributed by atoms with Gasteiger partial charge >= 0.3 is 17.8 Å². The Bertz CT molecular complexity index is 1740. The minimum absolute atomic E-state index is 0.0917. The number of amides is 3. The molecule has 2 unspecified atom stereocenters. The van der Waals surface area contributed by atoms with Crippen molar-refractivity contribution in [2.24, 2.45) is 7.05 Å². The second kappa shape index (κ2) is 13.0. The summed E-state index contributed by atoms with van der Waals surface area (Å²) >= 11 is 0. The van der Waals surface area contributed by atoms with Crippen LogP contribution in [-0.4, -0.2) is 80.6 Å².